The van der Waals surface area contributed by atoms with Gasteiger partial charge in [0.1, 0.15) is 12.0 Å². The number of nitrogens with zero attached hydrogens (tertiary/aromatic N) is 2. The van der Waals surface area contributed by atoms with Gasteiger partial charge in [-0.25, -0.2) is 4.98 Å². The molecule has 1 atom stereocenters. The second-order valence-corrected chi connectivity index (χ2v) is 7.05. The molecular weight excluding hydrogens is 491 g/mol. The fourth-order valence-corrected chi connectivity index (χ4v) is 3.06. The standard InChI is InChI=1S/C23H28N4O2.HI/c1-15-6-9-18(10-7-15)22-27-19(14-29-22)13-25-23(24-4)26-17(3)20-12-16(2)8-11-21(20)28-5;/h6-12,14,17H,13H2,1-5H3,(H2,24,25,26);1H. The number of rotatable bonds is 6. The SMILES string of the molecule is CN=C(NCc1coc(-c2ccc(C)cc2)n1)NC(C)c1cc(C)ccc1OC.I. The van der Waals surface area contributed by atoms with E-state index in [-0.39, 0.29) is 30.0 Å². The van der Waals surface area contributed by atoms with Crippen LogP contribution in [0.3, 0.4) is 0 Å². The van der Waals surface area contributed by atoms with E-state index in [1.165, 1.54) is 11.1 Å². The van der Waals surface area contributed by atoms with Crippen molar-refractivity contribution in [3.8, 4) is 17.2 Å². The summed E-state index contributed by atoms with van der Waals surface area (Å²) in [6, 6.07) is 14.3. The van der Waals surface area contributed by atoms with E-state index >= 15 is 0 Å². The summed E-state index contributed by atoms with van der Waals surface area (Å²) in [6.45, 7) is 6.71. The van der Waals surface area contributed by atoms with Crippen LogP contribution in [0, 0.1) is 13.8 Å². The summed E-state index contributed by atoms with van der Waals surface area (Å²) in [4.78, 5) is 8.88. The van der Waals surface area contributed by atoms with Crippen LogP contribution in [0.5, 0.6) is 5.75 Å². The van der Waals surface area contributed by atoms with E-state index < -0.39 is 0 Å². The Labute approximate surface area is 195 Å². The van der Waals surface area contributed by atoms with Crippen molar-refractivity contribution >= 4 is 29.9 Å². The highest BCUT2D eigenvalue weighted by molar-refractivity contribution is 14.0. The fraction of sp³-hybridized carbons (Fsp3) is 0.304. The molecule has 30 heavy (non-hydrogen) atoms. The monoisotopic (exact) mass is 520 g/mol. The molecule has 3 aromatic rings. The second-order valence-electron chi connectivity index (χ2n) is 7.05. The van der Waals surface area contributed by atoms with Crippen molar-refractivity contribution in [1.82, 2.24) is 15.6 Å². The van der Waals surface area contributed by atoms with Gasteiger partial charge in [-0.3, -0.25) is 4.99 Å². The molecule has 0 fully saturated rings. The molecule has 160 valence electrons. The summed E-state index contributed by atoms with van der Waals surface area (Å²) < 4.78 is 11.1. The quantitative estimate of drug-likeness (QED) is 0.272. The van der Waals surface area contributed by atoms with Crippen molar-refractivity contribution < 1.29 is 9.15 Å². The fourth-order valence-electron chi connectivity index (χ4n) is 3.06. The van der Waals surface area contributed by atoms with E-state index in [4.69, 9.17) is 9.15 Å². The maximum Gasteiger partial charge on any atom is 0.226 e. The molecule has 1 heterocycles. The van der Waals surface area contributed by atoms with E-state index in [1.807, 2.05) is 36.4 Å². The zero-order chi connectivity index (χ0) is 20.8. The maximum absolute atomic E-state index is 5.62. The van der Waals surface area contributed by atoms with Gasteiger partial charge in [0.2, 0.25) is 5.89 Å². The predicted octanol–water partition coefficient (Wildman–Crippen LogP) is 5.01. The van der Waals surface area contributed by atoms with Crippen LogP contribution in [0.4, 0.5) is 0 Å². The first-order valence-corrected chi connectivity index (χ1v) is 9.63. The zero-order valence-electron chi connectivity index (χ0n) is 18.0. The molecule has 0 saturated carbocycles. The second kappa shape index (κ2) is 11.0. The van der Waals surface area contributed by atoms with E-state index in [9.17, 15) is 0 Å². The summed E-state index contributed by atoms with van der Waals surface area (Å²) in [7, 11) is 3.43. The van der Waals surface area contributed by atoms with E-state index in [2.05, 4.69) is 47.4 Å². The Balaban J connectivity index is 0.00000320. The number of halogens is 1. The highest BCUT2D eigenvalue weighted by Gasteiger charge is 2.14. The van der Waals surface area contributed by atoms with Crippen LogP contribution in [0.15, 0.2) is 58.1 Å². The number of oxazole rings is 1. The molecule has 0 aliphatic heterocycles. The van der Waals surface area contributed by atoms with Gasteiger partial charge in [-0.15, -0.1) is 24.0 Å². The van der Waals surface area contributed by atoms with E-state index in [0.717, 1.165) is 22.6 Å². The molecule has 0 amide bonds. The van der Waals surface area contributed by atoms with Crippen LogP contribution in [0.2, 0.25) is 0 Å². The Kier molecular flexibility index (Phi) is 8.71. The molecule has 0 aliphatic carbocycles. The number of hydrogen-bond donors (Lipinski definition) is 2. The first-order chi connectivity index (χ1) is 14.0. The van der Waals surface area contributed by atoms with Gasteiger partial charge in [0.05, 0.1) is 25.4 Å². The van der Waals surface area contributed by atoms with Crippen molar-refractivity contribution in [3.05, 3.63) is 71.1 Å². The van der Waals surface area contributed by atoms with Gasteiger partial charge >= 0.3 is 0 Å². The Hall–Kier alpha value is -2.55. The van der Waals surface area contributed by atoms with Gasteiger partial charge in [-0.1, -0.05) is 35.4 Å². The minimum atomic E-state index is 0. The summed E-state index contributed by atoms with van der Waals surface area (Å²) >= 11 is 0. The first-order valence-electron chi connectivity index (χ1n) is 9.63. The summed E-state index contributed by atoms with van der Waals surface area (Å²) in [5, 5.41) is 6.69. The summed E-state index contributed by atoms with van der Waals surface area (Å²) in [5.74, 6) is 2.15. The lowest BCUT2D eigenvalue weighted by molar-refractivity contribution is 0.405. The third kappa shape index (κ3) is 5.98. The number of benzene rings is 2. The highest BCUT2D eigenvalue weighted by Crippen LogP contribution is 2.26. The third-order valence-corrected chi connectivity index (χ3v) is 4.72. The molecule has 0 aliphatic rings. The number of aryl methyl sites for hydroxylation is 2. The zero-order valence-corrected chi connectivity index (χ0v) is 20.4. The Bertz CT molecular complexity index is 983. The molecule has 6 nitrogen and oxygen atoms in total. The molecular formula is C23H29IN4O2. The lowest BCUT2D eigenvalue weighted by Gasteiger charge is -2.20. The van der Waals surface area contributed by atoms with Gasteiger partial charge in [-0.2, -0.15) is 0 Å². The van der Waals surface area contributed by atoms with E-state index in [1.54, 1.807) is 20.4 Å². The Morgan fingerprint density at radius 1 is 1.13 bits per heavy atom. The molecule has 3 rings (SSSR count). The van der Waals surface area contributed by atoms with Gasteiger partial charge in [0.15, 0.2) is 5.96 Å². The number of ether oxygens (including phenoxy) is 1. The normalized spacial score (nSPS) is 12.1. The summed E-state index contributed by atoms with van der Waals surface area (Å²) in [6.07, 6.45) is 1.67. The minimum absolute atomic E-state index is 0. The lowest BCUT2D eigenvalue weighted by Crippen LogP contribution is -2.38. The van der Waals surface area contributed by atoms with Crippen LogP contribution < -0.4 is 15.4 Å². The Morgan fingerprint density at radius 2 is 1.83 bits per heavy atom. The molecule has 2 aromatic carbocycles. The number of guanidine groups is 1. The summed E-state index contributed by atoms with van der Waals surface area (Å²) in [5.41, 5.74) is 5.24. The number of nitrogens with one attached hydrogen (secondary N) is 2. The van der Waals surface area contributed by atoms with Crippen molar-refractivity contribution in [2.75, 3.05) is 14.2 Å². The maximum atomic E-state index is 5.62. The Morgan fingerprint density at radius 3 is 2.50 bits per heavy atom. The minimum Gasteiger partial charge on any atom is -0.496 e. The van der Waals surface area contributed by atoms with Gasteiger partial charge in [0, 0.05) is 18.2 Å². The smallest absolute Gasteiger partial charge is 0.226 e. The molecule has 1 unspecified atom stereocenters. The highest BCUT2D eigenvalue weighted by atomic mass is 127. The number of aliphatic imine (C=N–C) groups is 1. The van der Waals surface area contributed by atoms with Gasteiger partial charge < -0.3 is 19.8 Å². The van der Waals surface area contributed by atoms with Crippen molar-refractivity contribution in [2.45, 2.75) is 33.4 Å². The molecule has 0 bridgehead atoms. The van der Waals surface area contributed by atoms with Crippen LogP contribution >= 0.6 is 24.0 Å². The lowest BCUT2D eigenvalue weighted by atomic mass is 10.0. The molecule has 0 saturated heterocycles. The van der Waals surface area contributed by atoms with Crippen molar-refractivity contribution in [1.29, 1.82) is 0 Å². The first kappa shape index (κ1) is 23.7. The largest absolute Gasteiger partial charge is 0.496 e. The van der Waals surface area contributed by atoms with Gasteiger partial charge in [-0.05, 0) is 39.0 Å². The van der Waals surface area contributed by atoms with Gasteiger partial charge in [0.25, 0.3) is 0 Å². The molecule has 2 N–H and O–H groups in total. The average Bonchev–Trinajstić information content (AvgIpc) is 3.20. The van der Waals surface area contributed by atoms with Crippen LogP contribution in [-0.4, -0.2) is 25.1 Å². The number of hydrogen-bond acceptors (Lipinski definition) is 4. The predicted molar refractivity (Wildman–Crippen MR) is 132 cm³/mol. The van der Waals surface area contributed by atoms with Crippen molar-refractivity contribution in [3.63, 3.8) is 0 Å². The molecule has 7 heteroatoms. The van der Waals surface area contributed by atoms with Crippen LogP contribution in [0.1, 0.15) is 35.3 Å². The third-order valence-electron chi connectivity index (χ3n) is 4.72. The van der Waals surface area contributed by atoms with Crippen molar-refractivity contribution in [2.24, 2.45) is 4.99 Å². The molecule has 0 radical (unpaired) electrons. The average molecular weight is 520 g/mol. The van der Waals surface area contributed by atoms with Crippen LogP contribution in [0.25, 0.3) is 11.5 Å². The van der Waals surface area contributed by atoms with E-state index in [0.29, 0.717) is 18.4 Å². The number of aromatic nitrogens is 1. The van der Waals surface area contributed by atoms with Crippen LogP contribution in [-0.2, 0) is 6.54 Å². The topological polar surface area (TPSA) is 71.7 Å². The molecule has 1 aromatic heterocycles. The number of methoxy groups -OCH3 is 1. The molecule has 0 spiro atoms.